The van der Waals surface area contributed by atoms with Crippen LogP contribution in [0.3, 0.4) is 0 Å². The minimum atomic E-state index is -0.267. The van der Waals surface area contributed by atoms with E-state index in [1.54, 1.807) is 6.07 Å². The van der Waals surface area contributed by atoms with Gasteiger partial charge in [0.25, 0.3) is 11.5 Å². The number of carbonyl (C=O) groups is 1. The standard InChI is InChI=1S/C21H31N3O2/c1-3-24(4-2)13-17-5-6-18(19(25)22-17)20(26)23-21-10-14-7-15(11-21)9-16(8-14)12-21/h5-6,14-16H,3-4,7-13H2,1-2H3,(H,22,25)(H,23,26). The van der Waals surface area contributed by atoms with Crippen LogP contribution < -0.4 is 10.9 Å². The van der Waals surface area contributed by atoms with Crippen molar-refractivity contribution >= 4 is 5.91 Å². The van der Waals surface area contributed by atoms with Crippen LogP contribution in [-0.2, 0) is 6.54 Å². The van der Waals surface area contributed by atoms with Crippen LogP contribution in [0.5, 0.6) is 0 Å². The number of amides is 1. The van der Waals surface area contributed by atoms with Crippen molar-refractivity contribution in [2.75, 3.05) is 13.1 Å². The van der Waals surface area contributed by atoms with E-state index < -0.39 is 0 Å². The first-order valence-electron chi connectivity index (χ1n) is 10.3. The normalized spacial score (nSPS) is 32.2. The first kappa shape index (κ1) is 17.8. The molecule has 0 unspecified atom stereocenters. The maximum atomic E-state index is 12.9. The van der Waals surface area contributed by atoms with Crippen LogP contribution in [0.2, 0.25) is 0 Å². The molecule has 142 valence electrons. The lowest BCUT2D eigenvalue weighted by Crippen LogP contribution is -2.60. The maximum Gasteiger partial charge on any atom is 0.261 e. The Morgan fingerprint density at radius 1 is 1.12 bits per heavy atom. The average Bonchev–Trinajstić information content (AvgIpc) is 2.58. The van der Waals surface area contributed by atoms with Crippen molar-refractivity contribution in [3.63, 3.8) is 0 Å². The lowest BCUT2D eigenvalue weighted by atomic mass is 9.53. The Hall–Kier alpha value is -1.62. The van der Waals surface area contributed by atoms with E-state index in [9.17, 15) is 9.59 Å². The zero-order valence-electron chi connectivity index (χ0n) is 16.0. The number of H-pyrrole nitrogens is 1. The summed E-state index contributed by atoms with van der Waals surface area (Å²) < 4.78 is 0. The molecule has 0 spiro atoms. The second-order valence-corrected chi connectivity index (χ2v) is 8.84. The molecule has 0 aromatic carbocycles. The van der Waals surface area contributed by atoms with Gasteiger partial charge in [-0.1, -0.05) is 13.8 Å². The van der Waals surface area contributed by atoms with Crippen LogP contribution in [0.25, 0.3) is 0 Å². The van der Waals surface area contributed by atoms with E-state index in [4.69, 9.17) is 0 Å². The molecule has 5 rings (SSSR count). The van der Waals surface area contributed by atoms with Crippen molar-refractivity contribution in [1.82, 2.24) is 15.2 Å². The van der Waals surface area contributed by atoms with Gasteiger partial charge in [0, 0.05) is 17.8 Å². The van der Waals surface area contributed by atoms with Gasteiger partial charge in [0.05, 0.1) is 0 Å². The molecule has 4 bridgehead atoms. The number of carbonyl (C=O) groups excluding carboxylic acids is 1. The van der Waals surface area contributed by atoms with E-state index in [2.05, 4.69) is 29.0 Å². The molecule has 1 amide bonds. The highest BCUT2D eigenvalue weighted by Gasteiger charge is 2.51. The zero-order chi connectivity index (χ0) is 18.3. The number of aromatic nitrogens is 1. The van der Waals surface area contributed by atoms with Gasteiger partial charge in [-0.15, -0.1) is 0 Å². The van der Waals surface area contributed by atoms with Gasteiger partial charge in [0.1, 0.15) is 5.56 Å². The number of nitrogens with zero attached hydrogens (tertiary/aromatic N) is 1. The molecule has 4 saturated carbocycles. The molecule has 4 aliphatic rings. The van der Waals surface area contributed by atoms with E-state index in [-0.39, 0.29) is 22.6 Å². The zero-order valence-corrected chi connectivity index (χ0v) is 16.0. The molecular weight excluding hydrogens is 326 g/mol. The Bertz CT molecular complexity index is 700. The number of nitrogens with one attached hydrogen (secondary N) is 2. The molecule has 0 aliphatic heterocycles. The highest BCUT2D eigenvalue weighted by Crippen LogP contribution is 2.55. The van der Waals surface area contributed by atoms with Crippen LogP contribution in [0.4, 0.5) is 0 Å². The lowest BCUT2D eigenvalue weighted by molar-refractivity contribution is -0.0167. The molecule has 4 fully saturated rings. The Balaban J connectivity index is 1.48. The molecule has 5 nitrogen and oxygen atoms in total. The van der Waals surface area contributed by atoms with E-state index in [1.165, 1.54) is 19.3 Å². The molecule has 2 N–H and O–H groups in total. The van der Waals surface area contributed by atoms with Gasteiger partial charge in [0.2, 0.25) is 0 Å². The third-order valence-electron chi connectivity index (χ3n) is 6.92. The molecule has 1 heterocycles. The van der Waals surface area contributed by atoms with Crippen molar-refractivity contribution in [3.05, 3.63) is 33.7 Å². The Kier molecular flexibility index (Phi) is 4.68. The van der Waals surface area contributed by atoms with Crippen LogP contribution in [0.15, 0.2) is 16.9 Å². The molecule has 0 saturated heterocycles. The Morgan fingerprint density at radius 2 is 1.69 bits per heavy atom. The SMILES string of the molecule is CCN(CC)Cc1ccc(C(=O)NC23CC4CC(CC(C4)C2)C3)c(=O)[nH]1. The van der Waals surface area contributed by atoms with Gasteiger partial charge >= 0.3 is 0 Å². The van der Waals surface area contributed by atoms with E-state index >= 15 is 0 Å². The van der Waals surface area contributed by atoms with E-state index in [0.717, 1.165) is 55.8 Å². The summed E-state index contributed by atoms with van der Waals surface area (Å²) in [6.45, 7) is 6.79. The summed E-state index contributed by atoms with van der Waals surface area (Å²) in [6.07, 6.45) is 7.33. The van der Waals surface area contributed by atoms with Gasteiger partial charge < -0.3 is 10.3 Å². The first-order chi connectivity index (χ1) is 12.5. The van der Waals surface area contributed by atoms with Crippen LogP contribution >= 0.6 is 0 Å². The quantitative estimate of drug-likeness (QED) is 0.823. The van der Waals surface area contributed by atoms with Crippen LogP contribution in [-0.4, -0.2) is 34.4 Å². The third kappa shape index (κ3) is 3.34. The summed E-state index contributed by atoms with van der Waals surface area (Å²) in [5.74, 6) is 2.13. The third-order valence-corrected chi connectivity index (χ3v) is 6.92. The Labute approximate surface area is 155 Å². The second-order valence-electron chi connectivity index (χ2n) is 8.84. The molecule has 0 atom stereocenters. The van der Waals surface area contributed by atoms with Gasteiger partial charge in [0.15, 0.2) is 0 Å². The Morgan fingerprint density at radius 3 is 2.19 bits per heavy atom. The molecule has 26 heavy (non-hydrogen) atoms. The molecular formula is C21H31N3O2. The molecule has 4 aliphatic carbocycles. The minimum absolute atomic E-state index is 0.0574. The van der Waals surface area contributed by atoms with Gasteiger partial charge in [-0.3, -0.25) is 14.5 Å². The number of rotatable bonds is 6. The summed E-state index contributed by atoms with van der Waals surface area (Å²) in [5.41, 5.74) is 0.795. The first-order valence-corrected chi connectivity index (χ1v) is 10.3. The number of hydrogen-bond acceptors (Lipinski definition) is 3. The van der Waals surface area contributed by atoms with Crippen LogP contribution in [0.1, 0.15) is 68.4 Å². The average molecular weight is 357 g/mol. The number of aromatic amines is 1. The largest absolute Gasteiger partial charge is 0.346 e. The highest BCUT2D eigenvalue weighted by molar-refractivity contribution is 5.94. The fourth-order valence-corrected chi connectivity index (χ4v) is 6.05. The van der Waals surface area contributed by atoms with Crippen molar-refractivity contribution in [1.29, 1.82) is 0 Å². The predicted molar refractivity (Wildman–Crippen MR) is 102 cm³/mol. The van der Waals surface area contributed by atoms with Crippen molar-refractivity contribution in [3.8, 4) is 0 Å². The summed E-state index contributed by atoms with van der Waals surface area (Å²) in [4.78, 5) is 30.5. The summed E-state index contributed by atoms with van der Waals surface area (Å²) >= 11 is 0. The lowest BCUT2D eigenvalue weighted by Gasteiger charge is -2.56. The smallest absolute Gasteiger partial charge is 0.261 e. The minimum Gasteiger partial charge on any atom is -0.346 e. The number of hydrogen-bond donors (Lipinski definition) is 2. The molecule has 1 aromatic heterocycles. The van der Waals surface area contributed by atoms with E-state index in [0.29, 0.717) is 6.54 Å². The summed E-state index contributed by atoms with van der Waals surface area (Å²) in [7, 11) is 0. The monoisotopic (exact) mass is 357 g/mol. The van der Waals surface area contributed by atoms with Gasteiger partial charge in [-0.2, -0.15) is 0 Å². The van der Waals surface area contributed by atoms with Crippen LogP contribution in [0, 0.1) is 17.8 Å². The number of pyridine rings is 1. The topological polar surface area (TPSA) is 65.2 Å². The van der Waals surface area contributed by atoms with Gasteiger partial charge in [-0.05, 0) is 81.5 Å². The highest BCUT2D eigenvalue weighted by atomic mass is 16.2. The fraction of sp³-hybridized carbons (Fsp3) is 0.714. The second kappa shape index (κ2) is 6.84. The molecule has 1 aromatic rings. The van der Waals surface area contributed by atoms with Crippen molar-refractivity contribution in [2.45, 2.75) is 64.5 Å². The summed E-state index contributed by atoms with van der Waals surface area (Å²) in [5, 5.41) is 3.29. The predicted octanol–water partition coefficient (Wildman–Crippen LogP) is 2.92. The summed E-state index contributed by atoms with van der Waals surface area (Å²) in [6, 6.07) is 3.59. The van der Waals surface area contributed by atoms with E-state index in [1.807, 2.05) is 6.07 Å². The van der Waals surface area contributed by atoms with Gasteiger partial charge in [-0.25, -0.2) is 0 Å². The maximum absolute atomic E-state index is 12.9. The molecule has 0 radical (unpaired) electrons. The van der Waals surface area contributed by atoms with Crippen molar-refractivity contribution < 1.29 is 4.79 Å². The molecule has 5 heteroatoms. The van der Waals surface area contributed by atoms with Crippen molar-refractivity contribution in [2.24, 2.45) is 17.8 Å². The fourth-order valence-electron chi connectivity index (χ4n) is 6.05.